The first-order valence-electron chi connectivity index (χ1n) is 4.24. The van der Waals surface area contributed by atoms with Crippen LogP contribution in [0.25, 0.3) is 0 Å². The largest absolute Gasteiger partial charge is 0.396 e. The molecule has 0 aliphatic heterocycles. The summed E-state index contributed by atoms with van der Waals surface area (Å²) < 4.78 is 25.5. The zero-order valence-electron chi connectivity index (χ0n) is 7.46. The molecule has 4 heteroatoms. The van der Waals surface area contributed by atoms with E-state index < -0.39 is 17.4 Å². The van der Waals surface area contributed by atoms with E-state index in [1.54, 1.807) is 0 Å². The third-order valence-corrected chi connectivity index (χ3v) is 1.79. The van der Waals surface area contributed by atoms with Gasteiger partial charge >= 0.3 is 0 Å². The summed E-state index contributed by atoms with van der Waals surface area (Å²) in [6.07, 6.45) is 0.356. The summed E-state index contributed by atoms with van der Waals surface area (Å²) >= 11 is 0. The van der Waals surface area contributed by atoms with Crippen molar-refractivity contribution >= 4 is 5.78 Å². The summed E-state index contributed by atoms with van der Waals surface area (Å²) in [5.74, 6) is -1.98. The highest BCUT2D eigenvalue weighted by atomic mass is 19.1. The second kappa shape index (κ2) is 4.81. The van der Waals surface area contributed by atoms with Gasteiger partial charge in [0.25, 0.3) is 0 Å². The van der Waals surface area contributed by atoms with Crippen LogP contribution in [0.1, 0.15) is 23.2 Å². The molecule has 2 nitrogen and oxygen atoms in total. The van der Waals surface area contributed by atoms with Gasteiger partial charge in [-0.25, -0.2) is 8.78 Å². The number of hydrogen-bond acceptors (Lipinski definition) is 2. The number of halogens is 2. The molecule has 0 aliphatic carbocycles. The topological polar surface area (TPSA) is 37.3 Å². The minimum Gasteiger partial charge on any atom is -0.396 e. The lowest BCUT2D eigenvalue weighted by Crippen LogP contribution is -2.03. The van der Waals surface area contributed by atoms with Gasteiger partial charge in [0, 0.05) is 19.1 Å². The quantitative estimate of drug-likeness (QED) is 0.754. The van der Waals surface area contributed by atoms with E-state index in [0.29, 0.717) is 6.07 Å². The van der Waals surface area contributed by atoms with Crippen LogP contribution >= 0.6 is 0 Å². The van der Waals surface area contributed by atoms with Crippen LogP contribution in [0.3, 0.4) is 0 Å². The number of rotatable bonds is 4. The van der Waals surface area contributed by atoms with E-state index in [2.05, 4.69) is 0 Å². The molecule has 0 saturated heterocycles. The Kier molecular flexibility index (Phi) is 3.71. The Balaban J connectivity index is 2.80. The van der Waals surface area contributed by atoms with Crippen molar-refractivity contribution in [3.8, 4) is 0 Å². The molecule has 1 aromatic carbocycles. The van der Waals surface area contributed by atoms with Gasteiger partial charge in [-0.2, -0.15) is 0 Å². The summed E-state index contributed by atoms with van der Waals surface area (Å²) in [5.41, 5.74) is -0.125. The molecule has 0 aliphatic rings. The second-order valence-electron chi connectivity index (χ2n) is 2.87. The van der Waals surface area contributed by atoms with Crippen molar-refractivity contribution in [3.63, 3.8) is 0 Å². The van der Waals surface area contributed by atoms with Gasteiger partial charge < -0.3 is 5.11 Å². The van der Waals surface area contributed by atoms with E-state index >= 15 is 0 Å². The van der Waals surface area contributed by atoms with Crippen molar-refractivity contribution in [2.75, 3.05) is 6.61 Å². The number of aliphatic hydroxyl groups is 1. The van der Waals surface area contributed by atoms with E-state index in [1.807, 2.05) is 0 Å². The molecule has 1 rings (SSSR count). The van der Waals surface area contributed by atoms with Crippen molar-refractivity contribution in [2.24, 2.45) is 0 Å². The fraction of sp³-hybridized carbons (Fsp3) is 0.300. The van der Waals surface area contributed by atoms with Gasteiger partial charge in [-0.15, -0.1) is 0 Å². The zero-order chi connectivity index (χ0) is 10.6. The minimum atomic E-state index is -0.854. The standard InChI is InChI=1S/C10H10F2O2/c11-7-3-4-8(9(12)6-7)10(14)2-1-5-13/h3-4,6,13H,1-2,5H2. The highest BCUT2D eigenvalue weighted by molar-refractivity contribution is 5.96. The van der Waals surface area contributed by atoms with Crippen LogP contribution in [-0.4, -0.2) is 17.5 Å². The third-order valence-electron chi connectivity index (χ3n) is 1.79. The maximum Gasteiger partial charge on any atom is 0.165 e. The van der Waals surface area contributed by atoms with Gasteiger partial charge in [0.05, 0.1) is 5.56 Å². The van der Waals surface area contributed by atoms with Gasteiger partial charge in [0.2, 0.25) is 0 Å². The Hall–Kier alpha value is -1.29. The second-order valence-corrected chi connectivity index (χ2v) is 2.87. The third kappa shape index (κ3) is 2.60. The maximum atomic E-state index is 13.0. The number of carbonyl (C=O) groups is 1. The van der Waals surface area contributed by atoms with Crippen LogP contribution in [0.4, 0.5) is 8.78 Å². The molecule has 0 aromatic heterocycles. The highest BCUT2D eigenvalue weighted by Gasteiger charge is 2.11. The molecule has 0 heterocycles. The van der Waals surface area contributed by atoms with Crippen LogP contribution < -0.4 is 0 Å². The number of Topliss-reactive ketones (excluding diaryl/α,β-unsaturated/α-hetero) is 1. The van der Waals surface area contributed by atoms with E-state index in [4.69, 9.17) is 5.11 Å². The molecule has 0 unspecified atom stereocenters. The fourth-order valence-electron chi connectivity index (χ4n) is 1.09. The average Bonchev–Trinajstić information content (AvgIpc) is 2.14. The van der Waals surface area contributed by atoms with Crippen molar-refractivity contribution in [1.82, 2.24) is 0 Å². The molecule has 76 valence electrons. The van der Waals surface area contributed by atoms with Crippen LogP contribution in [0.2, 0.25) is 0 Å². The summed E-state index contributed by atoms with van der Waals surface area (Å²) in [6, 6.07) is 2.83. The molecule has 1 N–H and O–H groups in total. The van der Waals surface area contributed by atoms with E-state index in [1.165, 1.54) is 0 Å². The number of carbonyl (C=O) groups excluding carboxylic acids is 1. The number of benzene rings is 1. The molecule has 1 aromatic rings. The Labute approximate surface area is 80.2 Å². The monoisotopic (exact) mass is 200 g/mol. The first-order chi connectivity index (χ1) is 6.65. The van der Waals surface area contributed by atoms with Crippen molar-refractivity contribution in [2.45, 2.75) is 12.8 Å². The first kappa shape index (κ1) is 10.8. The molecule has 0 fully saturated rings. The molecule has 0 amide bonds. The highest BCUT2D eigenvalue weighted by Crippen LogP contribution is 2.12. The SMILES string of the molecule is O=C(CCCO)c1ccc(F)cc1F. The first-order valence-corrected chi connectivity index (χ1v) is 4.24. The number of aliphatic hydroxyl groups excluding tert-OH is 1. The van der Waals surface area contributed by atoms with Crippen LogP contribution in [-0.2, 0) is 0 Å². The predicted molar refractivity (Wildman–Crippen MR) is 47.0 cm³/mol. The van der Waals surface area contributed by atoms with Gasteiger partial charge in [-0.3, -0.25) is 4.79 Å². The van der Waals surface area contributed by atoms with Crippen molar-refractivity contribution in [3.05, 3.63) is 35.4 Å². The summed E-state index contributed by atoms with van der Waals surface area (Å²) in [4.78, 5) is 11.3. The number of ketones is 1. The summed E-state index contributed by atoms with van der Waals surface area (Å²) in [7, 11) is 0. The van der Waals surface area contributed by atoms with Gasteiger partial charge in [-0.1, -0.05) is 0 Å². The fourth-order valence-corrected chi connectivity index (χ4v) is 1.09. The van der Waals surface area contributed by atoms with Crippen molar-refractivity contribution < 1.29 is 18.7 Å². The molecule has 0 spiro atoms. The van der Waals surface area contributed by atoms with Crippen molar-refractivity contribution in [1.29, 1.82) is 0 Å². The Morgan fingerprint density at radius 3 is 2.64 bits per heavy atom. The molecule has 0 radical (unpaired) electrons. The lowest BCUT2D eigenvalue weighted by molar-refractivity contribution is 0.0967. The molecule has 0 atom stereocenters. The van der Waals surface area contributed by atoms with Gasteiger partial charge in [0.1, 0.15) is 11.6 Å². The van der Waals surface area contributed by atoms with Crippen LogP contribution in [0.15, 0.2) is 18.2 Å². The molecule has 0 saturated carbocycles. The average molecular weight is 200 g/mol. The summed E-state index contributed by atoms with van der Waals surface area (Å²) in [6.45, 7) is -0.117. The molecular formula is C10H10F2O2. The van der Waals surface area contributed by atoms with E-state index in [-0.39, 0.29) is 25.0 Å². The Morgan fingerprint density at radius 2 is 2.07 bits per heavy atom. The zero-order valence-corrected chi connectivity index (χ0v) is 7.46. The predicted octanol–water partition coefficient (Wildman–Crippen LogP) is 1.92. The summed E-state index contributed by atoms with van der Waals surface area (Å²) in [5, 5.41) is 8.47. The minimum absolute atomic E-state index is 0.0685. The molecule has 14 heavy (non-hydrogen) atoms. The lowest BCUT2D eigenvalue weighted by Gasteiger charge is -2.01. The normalized spacial score (nSPS) is 10.2. The van der Waals surface area contributed by atoms with Crippen LogP contribution in [0, 0.1) is 11.6 Å². The maximum absolute atomic E-state index is 13.0. The Morgan fingerprint density at radius 1 is 1.36 bits per heavy atom. The van der Waals surface area contributed by atoms with E-state index in [9.17, 15) is 13.6 Å². The molecule has 0 bridgehead atoms. The Bertz CT molecular complexity index is 337. The smallest absolute Gasteiger partial charge is 0.165 e. The van der Waals surface area contributed by atoms with Crippen LogP contribution in [0.5, 0.6) is 0 Å². The lowest BCUT2D eigenvalue weighted by atomic mass is 10.1. The van der Waals surface area contributed by atoms with Gasteiger partial charge in [0.15, 0.2) is 5.78 Å². The molecular weight excluding hydrogens is 190 g/mol. The number of hydrogen-bond donors (Lipinski definition) is 1. The van der Waals surface area contributed by atoms with E-state index in [0.717, 1.165) is 12.1 Å². The van der Waals surface area contributed by atoms with Gasteiger partial charge in [-0.05, 0) is 18.6 Å².